The molecule has 1 aliphatic rings. The van der Waals surface area contributed by atoms with Crippen LogP contribution >= 0.6 is 0 Å². The number of likely N-dealkylation sites (tertiary alicyclic amines) is 1. The number of amides is 1. The van der Waals surface area contributed by atoms with Crippen LogP contribution in [0.5, 0.6) is 0 Å². The number of rotatable bonds is 6. The maximum absolute atomic E-state index is 13.0. The van der Waals surface area contributed by atoms with Crippen LogP contribution in [0.3, 0.4) is 0 Å². The summed E-state index contributed by atoms with van der Waals surface area (Å²) in [5.74, 6) is 0.267. The molecule has 8 nitrogen and oxygen atoms in total. The number of benzene rings is 1. The van der Waals surface area contributed by atoms with Crippen molar-refractivity contribution in [2.24, 2.45) is 0 Å². The number of halogens is 1. The smallest absolute Gasteiger partial charge is 0.238 e. The second-order valence-corrected chi connectivity index (χ2v) is 7.19. The van der Waals surface area contributed by atoms with Crippen LogP contribution in [-0.4, -0.2) is 50.4 Å². The third kappa shape index (κ3) is 5.32. The molecule has 30 heavy (non-hydrogen) atoms. The van der Waals surface area contributed by atoms with Gasteiger partial charge in [0.15, 0.2) is 0 Å². The quantitative estimate of drug-likeness (QED) is 0.648. The number of nitrogens with zero attached hydrogens (tertiary/aromatic N) is 5. The summed E-state index contributed by atoms with van der Waals surface area (Å²) < 4.78 is 13.0. The van der Waals surface area contributed by atoms with Crippen molar-refractivity contribution in [3.63, 3.8) is 0 Å². The first-order valence-corrected chi connectivity index (χ1v) is 9.78. The van der Waals surface area contributed by atoms with Crippen LogP contribution < -0.4 is 10.6 Å². The molecule has 2 aromatic heterocycles. The van der Waals surface area contributed by atoms with E-state index in [0.29, 0.717) is 11.6 Å². The molecule has 1 aromatic carbocycles. The van der Waals surface area contributed by atoms with Gasteiger partial charge in [-0.25, -0.2) is 24.3 Å². The predicted molar refractivity (Wildman–Crippen MR) is 111 cm³/mol. The number of hydrogen-bond donors (Lipinski definition) is 2. The van der Waals surface area contributed by atoms with Crippen LogP contribution in [-0.2, 0) is 4.79 Å². The summed E-state index contributed by atoms with van der Waals surface area (Å²) in [5.41, 5.74) is 2.25. The number of carbonyl (C=O) groups is 1. The lowest BCUT2D eigenvalue weighted by atomic mass is 9.94. The van der Waals surface area contributed by atoms with Gasteiger partial charge in [-0.05, 0) is 49.7 Å². The van der Waals surface area contributed by atoms with Gasteiger partial charge in [0.1, 0.15) is 12.1 Å². The molecular weight excluding hydrogens is 385 g/mol. The Morgan fingerprint density at radius 3 is 2.73 bits per heavy atom. The Kier molecular flexibility index (Phi) is 6.19. The van der Waals surface area contributed by atoms with Crippen LogP contribution in [0.4, 0.5) is 21.7 Å². The van der Waals surface area contributed by atoms with Crippen molar-refractivity contribution < 1.29 is 9.18 Å². The number of anilines is 3. The second-order valence-electron chi connectivity index (χ2n) is 7.19. The Hall–Kier alpha value is -3.46. The fourth-order valence-corrected chi connectivity index (χ4v) is 3.53. The number of nitrogens with one attached hydrogen (secondary N) is 2. The number of piperidine rings is 1. The zero-order valence-corrected chi connectivity index (χ0v) is 16.3. The maximum Gasteiger partial charge on any atom is 0.238 e. The van der Waals surface area contributed by atoms with Crippen LogP contribution in [0.1, 0.15) is 24.5 Å². The van der Waals surface area contributed by atoms with E-state index in [-0.39, 0.29) is 24.2 Å². The van der Waals surface area contributed by atoms with E-state index >= 15 is 0 Å². The first kappa shape index (κ1) is 19.8. The fraction of sp³-hybridized carbons (Fsp3) is 0.286. The predicted octanol–water partition coefficient (Wildman–Crippen LogP) is 2.97. The standard InChI is InChI=1S/C21H22FN7O/c22-16-3-5-17(6-4-16)26-20(30)13-29-9-1-2-15(12-29)19-7-8-25-21(28-19)27-18-10-23-14-24-11-18/h3-8,10-11,14-15H,1-2,9,12-13H2,(H,26,30)(H,25,27,28)/t15-/m1/s1. The number of carbonyl (C=O) groups excluding carboxylic acids is 1. The molecule has 0 aliphatic carbocycles. The molecule has 9 heteroatoms. The van der Waals surface area contributed by atoms with E-state index in [1.165, 1.54) is 18.5 Å². The molecule has 0 radical (unpaired) electrons. The minimum atomic E-state index is -0.328. The van der Waals surface area contributed by atoms with Gasteiger partial charge in [0.25, 0.3) is 0 Å². The van der Waals surface area contributed by atoms with Crippen molar-refractivity contribution in [1.29, 1.82) is 0 Å². The van der Waals surface area contributed by atoms with Gasteiger partial charge in [-0.1, -0.05) is 0 Å². The van der Waals surface area contributed by atoms with E-state index in [2.05, 4.69) is 35.5 Å². The Morgan fingerprint density at radius 2 is 1.93 bits per heavy atom. The summed E-state index contributed by atoms with van der Waals surface area (Å²) >= 11 is 0. The highest BCUT2D eigenvalue weighted by molar-refractivity contribution is 5.92. The van der Waals surface area contributed by atoms with E-state index in [4.69, 9.17) is 0 Å². The Labute approximate surface area is 173 Å². The molecule has 0 bridgehead atoms. The van der Waals surface area contributed by atoms with E-state index in [0.717, 1.165) is 37.3 Å². The molecule has 1 saturated heterocycles. The summed E-state index contributed by atoms with van der Waals surface area (Å²) in [4.78, 5) is 31.3. The Balaban J connectivity index is 1.36. The average Bonchev–Trinajstić information content (AvgIpc) is 2.76. The number of aromatic nitrogens is 4. The van der Waals surface area contributed by atoms with E-state index in [1.54, 1.807) is 30.7 Å². The molecule has 3 heterocycles. The van der Waals surface area contributed by atoms with Gasteiger partial charge in [0.2, 0.25) is 11.9 Å². The Bertz CT molecular complexity index is 984. The summed E-state index contributed by atoms with van der Waals surface area (Å²) in [6.45, 7) is 1.87. The molecule has 1 amide bonds. The van der Waals surface area contributed by atoms with Gasteiger partial charge in [0, 0.05) is 24.3 Å². The lowest BCUT2D eigenvalue weighted by Gasteiger charge is -2.32. The van der Waals surface area contributed by atoms with Crippen molar-refractivity contribution in [2.75, 3.05) is 30.3 Å². The van der Waals surface area contributed by atoms with E-state index in [1.807, 2.05) is 6.07 Å². The third-order valence-electron chi connectivity index (χ3n) is 4.91. The van der Waals surface area contributed by atoms with Crippen LogP contribution in [0.25, 0.3) is 0 Å². The molecule has 2 N–H and O–H groups in total. The zero-order valence-electron chi connectivity index (χ0n) is 16.3. The molecule has 1 fully saturated rings. The molecule has 4 rings (SSSR count). The molecule has 1 aliphatic heterocycles. The SMILES string of the molecule is O=C(CN1CCC[C@@H](c2ccnc(Nc3cncnc3)n2)C1)Nc1ccc(F)cc1. The topological polar surface area (TPSA) is 95.9 Å². The minimum Gasteiger partial charge on any atom is -0.325 e. The highest BCUT2D eigenvalue weighted by Crippen LogP contribution is 2.26. The average molecular weight is 407 g/mol. The zero-order chi connectivity index (χ0) is 20.8. The highest BCUT2D eigenvalue weighted by Gasteiger charge is 2.24. The molecule has 0 unspecified atom stereocenters. The summed E-state index contributed by atoms with van der Waals surface area (Å²) in [5, 5.41) is 5.92. The monoisotopic (exact) mass is 407 g/mol. The van der Waals surface area contributed by atoms with Crippen LogP contribution in [0.15, 0.2) is 55.2 Å². The number of hydrogen-bond acceptors (Lipinski definition) is 7. The second kappa shape index (κ2) is 9.36. The summed E-state index contributed by atoms with van der Waals surface area (Å²) in [6.07, 6.45) is 8.49. The van der Waals surface area contributed by atoms with Gasteiger partial charge in [-0.2, -0.15) is 0 Å². The molecule has 0 saturated carbocycles. The molecule has 1 atom stereocenters. The van der Waals surface area contributed by atoms with E-state index in [9.17, 15) is 9.18 Å². The first-order chi connectivity index (χ1) is 14.7. The maximum atomic E-state index is 13.0. The van der Waals surface area contributed by atoms with Crippen molar-refractivity contribution in [2.45, 2.75) is 18.8 Å². The van der Waals surface area contributed by atoms with Gasteiger partial charge in [-0.15, -0.1) is 0 Å². The minimum absolute atomic E-state index is 0.114. The molecule has 154 valence electrons. The van der Waals surface area contributed by atoms with Gasteiger partial charge >= 0.3 is 0 Å². The largest absolute Gasteiger partial charge is 0.325 e. The lowest BCUT2D eigenvalue weighted by Crippen LogP contribution is -2.40. The van der Waals surface area contributed by atoms with Crippen LogP contribution in [0.2, 0.25) is 0 Å². The van der Waals surface area contributed by atoms with Crippen LogP contribution in [0, 0.1) is 5.82 Å². The van der Waals surface area contributed by atoms with Gasteiger partial charge in [-0.3, -0.25) is 9.69 Å². The molecular formula is C21H22FN7O. The highest BCUT2D eigenvalue weighted by atomic mass is 19.1. The first-order valence-electron chi connectivity index (χ1n) is 9.78. The molecule has 3 aromatic rings. The van der Waals surface area contributed by atoms with Gasteiger partial charge in [0.05, 0.1) is 30.3 Å². The third-order valence-corrected chi connectivity index (χ3v) is 4.91. The van der Waals surface area contributed by atoms with E-state index < -0.39 is 0 Å². The van der Waals surface area contributed by atoms with Crippen molar-refractivity contribution >= 4 is 23.2 Å². The van der Waals surface area contributed by atoms with Crippen molar-refractivity contribution in [1.82, 2.24) is 24.8 Å². The van der Waals surface area contributed by atoms with Crippen molar-refractivity contribution in [3.8, 4) is 0 Å². The lowest BCUT2D eigenvalue weighted by molar-refractivity contribution is -0.117. The normalized spacial score (nSPS) is 16.8. The Morgan fingerprint density at radius 1 is 1.13 bits per heavy atom. The summed E-state index contributed by atoms with van der Waals surface area (Å²) in [7, 11) is 0. The fourth-order valence-electron chi connectivity index (χ4n) is 3.53. The molecule has 0 spiro atoms. The van der Waals surface area contributed by atoms with Gasteiger partial charge < -0.3 is 10.6 Å². The van der Waals surface area contributed by atoms with Crippen molar-refractivity contribution in [3.05, 3.63) is 66.8 Å². The summed E-state index contributed by atoms with van der Waals surface area (Å²) in [6, 6.07) is 7.68.